The van der Waals surface area contributed by atoms with Crippen molar-refractivity contribution in [2.45, 2.75) is 25.6 Å². The third-order valence-corrected chi connectivity index (χ3v) is 4.64. The Kier molecular flexibility index (Phi) is 4.16. The Balaban J connectivity index is 1.75. The number of benzene rings is 2. The van der Waals surface area contributed by atoms with Gasteiger partial charge in [-0.05, 0) is 58.2 Å². The first kappa shape index (κ1) is 13.1. The number of hydrogen-bond acceptors (Lipinski definition) is 2. The molecule has 100 valence electrons. The van der Waals surface area contributed by atoms with E-state index in [1.54, 1.807) is 0 Å². The number of ether oxygens (including phenoxy) is 1. The molecule has 0 bridgehead atoms. The summed E-state index contributed by atoms with van der Waals surface area (Å²) in [5.41, 5.74) is 1.23. The monoisotopic (exact) mass is 319 g/mol. The highest BCUT2D eigenvalue weighted by molar-refractivity contribution is 9.10. The minimum atomic E-state index is 0.402. The van der Waals surface area contributed by atoms with Gasteiger partial charge in [0, 0.05) is 4.47 Å². The van der Waals surface area contributed by atoms with Crippen LogP contribution in [0.5, 0.6) is 0 Å². The fourth-order valence-corrected chi connectivity index (χ4v) is 3.17. The van der Waals surface area contributed by atoms with Gasteiger partial charge in [0.05, 0.1) is 12.7 Å². The number of halogens is 1. The van der Waals surface area contributed by atoms with Gasteiger partial charge in [-0.3, -0.25) is 0 Å². The zero-order valence-electron chi connectivity index (χ0n) is 10.9. The highest BCUT2D eigenvalue weighted by Gasteiger charge is 2.14. The average molecular weight is 320 g/mol. The maximum Gasteiger partial charge on any atom is 0.0731 e. The SMILES string of the molecule is Brc1c(COC2CCNCC2)ccc2ccccc12. The Labute approximate surface area is 122 Å². The van der Waals surface area contributed by atoms with Gasteiger partial charge in [0.1, 0.15) is 0 Å². The molecule has 0 unspecified atom stereocenters. The molecule has 0 saturated carbocycles. The largest absolute Gasteiger partial charge is 0.373 e. The van der Waals surface area contributed by atoms with Crippen molar-refractivity contribution >= 4 is 26.7 Å². The molecule has 1 saturated heterocycles. The van der Waals surface area contributed by atoms with Crippen LogP contribution in [0.4, 0.5) is 0 Å². The topological polar surface area (TPSA) is 21.3 Å². The molecule has 2 aromatic carbocycles. The maximum atomic E-state index is 6.03. The first-order valence-electron chi connectivity index (χ1n) is 6.83. The summed E-state index contributed by atoms with van der Waals surface area (Å²) in [5.74, 6) is 0. The van der Waals surface area contributed by atoms with Crippen molar-refractivity contribution < 1.29 is 4.74 Å². The van der Waals surface area contributed by atoms with Crippen LogP contribution in [0.1, 0.15) is 18.4 Å². The Morgan fingerprint density at radius 2 is 1.89 bits per heavy atom. The molecule has 0 aromatic heterocycles. The Morgan fingerprint density at radius 3 is 2.74 bits per heavy atom. The normalized spacial score (nSPS) is 16.9. The van der Waals surface area contributed by atoms with Crippen LogP contribution in [-0.2, 0) is 11.3 Å². The van der Waals surface area contributed by atoms with Gasteiger partial charge in [0.25, 0.3) is 0 Å². The van der Waals surface area contributed by atoms with Gasteiger partial charge in [-0.2, -0.15) is 0 Å². The molecule has 1 heterocycles. The van der Waals surface area contributed by atoms with Crippen molar-refractivity contribution in [1.82, 2.24) is 5.32 Å². The minimum Gasteiger partial charge on any atom is -0.373 e. The summed E-state index contributed by atoms with van der Waals surface area (Å²) in [6.07, 6.45) is 2.63. The highest BCUT2D eigenvalue weighted by Crippen LogP contribution is 2.28. The second-order valence-corrected chi connectivity index (χ2v) is 5.81. The molecular weight excluding hydrogens is 302 g/mol. The van der Waals surface area contributed by atoms with Gasteiger partial charge < -0.3 is 10.1 Å². The second kappa shape index (κ2) is 6.04. The van der Waals surface area contributed by atoms with Crippen LogP contribution in [0.25, 0.3) is 10.8 Å². The van der Waals surface area contributed by atoms with Crippen molar-refractivity contribution in [2.24, 2.45) is 0 Å². The molecule has 2 nitrogen and oxygen atoms in total. The van der Waals surface area contributed by atoms with E-state index in [4.69, 9.17) is 4.74 Å². The average Bonchev–Trinajstić information content (AvgIpc) is 2.48. The lowest BCUT2D eigenvalue weighted by atomic mass is 10.1. The Morgan fingerprint density at radius 1 is 1.11 bits per heavy atom. The quantitative estimate of drug-likeness (QED) is 0.927. The summed E-state index contributed by atoms with van der Waals surface area (Å²) >= 11 is 3.71. The van der Waals surface area contributed by atoms with Crippen LogP contribution in [0, 0.1) is 0 Å². The number of nitrogens with one attached hydrogen (secondary N) is 1. The van der Waals surface area contributed by atoms with Gasteiger partial charge in [-0.15, -0.1) is 0 Å². The lowest BCUT2D eigenvalue weighted by Crippen LogP contribution is -2.32. The van der Waals surface area contributed by atoms with Crippen molar-refractivity contribution in [3.8, 4) is 0 Å². The molecule has 0 atom stereocenters. The number of fused-ring (bicyclic) bond motifs is 1. The first-order chi connectivity index (χ1) is 9.34. The van der Waals surface area contributed by atoms with Crippen molar-refractivity contribution in [3.05, 3.63) is 46.4 Å². The van der Waals surface area contributed by atoms with E-state index in [2.05, 4.69) is 57.6 Å². The molecule has 0 aliphatic carbocycles. The van der Waals surface area contributed by atoms with Gasteiger partial charge in [-0.1, -0.05) is 36.4 Å². The maximum absolute atomic E-state index is 6.03. The van der Waals surface area contributed by atoms with Crippen LogP contribution in [0.2, 0.25) is 0 Å². The van der Waals surface area contributed by atoms with E-state index >= 15 is 0 Å². The molecule has 0 spiro atoms. The van der Waals surface area contributed by atoms with Crippen molar-refractivity contribution in [2.75, 3.05) is 13.1 Å². The highest BCUT2D eigenvalue weighted by atomic mass is 79.9. The van der Waals surface area contributed by atoms with Crippen molar-refractivity contribution in [1.29, 1.82) is 0 Å². The van der Waals surface area contributed by atoms with Crippen LogP contribution in [0.3, 0.4) is 0 Å². The zero-order chi connectivity index (χ0) is 13.1. The van der Waals surface area contributed by atoms with Crippen LogP contribution >= 0.6 is 15.9 Å². The molecule has 0 amide bonds. The lowest BCUT2D eigenvalue weighted by Gasteiger charge is -2.23. The summed E-state index contributed by atoms with van der Waals surface area (Å²) in [5, 5.41) is 5.88. The van der Waals surface area contributed by atoms with E-state index in [-0.39, 0.29) is 0 Å². The molecule has 1 N–H and O–H groups in total. The number of hydrogen-bond donors (Lipinski definition) is 1. The molecule has 3 rings (SSSR count). The van der Waals surface area contributed by atoms with Gasteiger partial charge in [0.15, 0.2) is 0 Å². The number of rotatable bonds is 3. The fourth-order valence-electron chi connectivity index (χ4n) is 2.56. The summed E-state index contributed by atoms with van der Waals surface area (Å²) in [7, 11) is 0. The molecule has 19 heavy (non-hydrogen) atoms. The summed E-state index contributed by atoms with van der Waals surface area (Å²) < 4.78 is 7.19. The molecule has 0 radical (unpaired) electrons. The van der Waals surface area contributed by atoms with Crippen molar-refractivity contribution in [3.63, 3.8) is 0 Å². The molecule has 3 heteroatoms. The smallest absolute Gasteiger partial charge is 0.0731 e. The lowest BCUT2D eigenvalue weighted by molar-refractivity contribution is 0.0210. The van der Waals surface area contributed by atoms with Gasteiger partial charge in [0.2, 0.25) is 0 Å². The summed E-state index contributed by atoms with van der Waals surface area (Å²) in [6.45, 7) is 2.84. The third-order valence-electron chi connectivity index (χ3n) is 3.70. The van der Waals surface area contributed by atoms with E-state index in [9.17, 15) is 0 Å². The Hall–Kier alpha value is -0.900. The predicted octanol–water partition coefficient (Wildman–Crippen LogP) is 3.87. The van der Waals surface area contributed by atoms with E-state index in [0.717, 1.165) is 25.9 Å². The Bertz CT molecular complexity index is 564. The van der Waals surface area contributed by atoms with Crippen LogP contribution in [0.15, 0.2) is 40.9 Å². The van der Waals surface area contributed by atoms with E-state index in [0.29, 0.717) is 12.7 Å². The van der Waals surface area contributed by atoms with Gasteiger partial charge >= 0.3 is 0 Å². The molecule has 1 fully saturated rings. The summed E-state index contributed by atoms with van der Waals surface area (Å²) in [6, 6.07) is 12.8. The number of piperidine rings is 1. The van der Waals surface area contributed by atoms with Crippen LogP contribution in [-0.4, -0.2) is 19.2 Å². The molecule has 1 aliphatic heterocycles. The third kappa shape index (κ3) is 2.99. The van der Waals surface area contributed by atoms with Gasteiger partial charge in [-0.25, -0.2) is 0 Å². The molecule has 1 aliphatic rings. The predicted molar refractivity (Wildman–Crippen MR) is 82.3 cm³/mol. The summed E-state index contributed by atoms with van der Waals surface area (Å²) in [4.78, 5) is 0. The van der Waals surface area contributed by atoms with Crippen LogP contribution < -0.4 is 5.32 Å². The fraction of sp³-hybridized carbons (Fsp3) is 0.375. The zero-order valence-corrected chi connectivity index (χ0v) is 12.4. The van der Waals surface area contributed by atoms with E-state index in [1.165, 1.54) is 20.8 Å². The van der Waals surface area contributed by atoms with E-state index in [1.807, 2.05) is 0 Å². The molecule has 2 aromatic rings. The second-order valence-electron chi connectivity index (χ2n) is 5.02. The first-order valence-corrected chi connectivity index (χ1v) is 7.62. The standard InChI is InChI=1S/C16H18BrNO/c17-16-13(11-19-14-7-9-18-10-8-14)6-5-12-3-1-2-4-15(12)16/h1-6,14,18H,7-11H2. The molecular formula is C16H18BrNO. The minimum absolute atomic E-state index is 0.402. The van der Waals surface area contributed by atoms with E-state index < -0.39 is 0 Å².